The average Bonchev–Trinajstić information content (AvgIpc) is 2.81. The van der Waals surface area contributed by atoms with Crippen LogP contribution in [-0.4, -0.2) is 42.9 Å². The normalized spacial score (nSPS) is 13.0. The van der Waals surface area contributed by atoms with Crippen molar-refractivity contribution in [1.29, 1.82) is 0 Å². The Labute approximate surface area is 206 Å². The topological polar surface area (TPSA) is 27.7 Å². The third-order valence-electron chi connectivity index (χ3n) is 6.43. The maximum Gasteiger partial charge on any atom is 0.173 e. The number of thiocarbonyl (C=S) groups is 1. The van der Waals surface area contributed by atoms with E-state index in [9.17, 15) is 0 Å². The van der Waals surface area contributed by atoms with Crippen molar-refractivity contribution >= 4 is 28.7 Å². The van der Waals surface area contributed by atoms with Crippen LogP contribution in [0, 0.1) is 13.8 Å². The molecule has 3 rings (SSSR count). The maximum absolute atomic E-state index is 5.91. The van der Waals surface area contributed by atoms with Gasteiger partial charge in [-0.2, -0.15) is 0 Å². The van der Waals surface area contributed by atoms with E-state index in [0.29, 0.717) is 0 Å². The predicted octanol–water partition coefficient (Wildman–Crippen LogP) is 6.48. The summed E-state index contributed by atoms with van der Waals surface area (Å²) >= 11 is 5.91. The monoisotopic (exact) mass is 467 g/mol. The van der Waals surface area contributed by atoms with Gasteiger partial charge in [0.2, 0.25) is 0 Å². The summed E-state index contributed by atoms with van der Waals surface area (Å²) in [4.78, 5) is 4.86. The number of nitrogens with zero attached hydrogens (tertiary/aromatic N) is 2. The van der Waals surface area contributed by atoms with E-state index in [1.807, 2.05) is 6.92 Å². The van der Waals surface area contributed by atoms with E-state index in [1.54, 1.807) is 0 Å². The molecule has 0 atom stereocenters. The highest BCUT2D eigenvalue weighted by atomic mass is 32.1. The largest absolute Gasteiger partial charge is 0.382 e. The van der Waals surface area contributed by atoms with Crippen LogP contribution in [0.2, 0.25) is 0 Å². The summed E-state index contributed by atoms with van der Waals surface area (Å²) in [5.74, 6) is 0. The standard InChI is InChI=1S/C28H41N3OS/c1-5-7-16-30-17-9-13-25-20-24(14-15-26(25)30)21-31(18-10-19-32-6-2)28(33)29-27-22(3)11-8-12-23(27)4/h8,11-12,14-15,20H,5-7,9-10,13,16-19,21H2,1-4H3,(H,29,33). The van der Waals surface area contributed by atoms with Crippen molar-refractivity contribution in [2.75, 3.05) is 43.1 Å². The van der Waals surface area contributed by atoms with Crippen molar-refractivity contribution in [2.24, 2.45) is 0 Å². The van der Waals surface area contributed by atoms with Gasteiger partial charge < -0.3 is 19.9 Å². The molecule has 0 amide bonds. The Morgan fingerprint density at radius 3 is 2.64 bits per heavy atom. The van der Waals surface area contributed by atoms with Gasteiger partial charge in [-0.25, -0.2) is 0 Å². The Morgan fingerprint density at radius 1 is 1.12 bits per heavy atom. The van der Waals surface area contributed by atoms with E-state index >= 15 is 0 Å². The van der Waals surface area contributed by atoms with Gasteiger partial charge in [0.15, 0.2) is 5.11 Å². The quantitative estimate of drug-likeness (QED) is 0.301. The Hall–Kier alpha value is -2.11. The summed E-state index contributed by atoms with van der Waals surface area (Å²) in [6, 6.07) is 13.4. The number of unbranched alkanes of at least 4 members (excludes halogenated alkanes) is 1. The van der Waals surface area contributed by atoms with E-state index < -0.39 is 0 Å². The number of anilines is 2. The number of fused-ring (bicyclic) bond motifs is 1. The minimum absolute atomic E-state index is 0.754. The van der Waals surface area contributed by atoms with Gasteiger partial charge in [-0.15, -0.1) is 0 Å². The van der Waals surface area contributed by atoms with Crippen LogP contribution in [0.25, 0.3) is 0 Å². The van der Waals surface area contributed by atoms with Gasteiger partial charge in [0, 0.05) is 50.8 Å². The first-order valence-corrected chi connectivity index (χ1v) is 13.0. The summed E-state index contributed by atoms with van der Waals surface area (Å²) < 4.78 is 5.59. The van der Waals surface area contributed by atoms with Crippen LogP contribution in [0.3, 0.4) is 0 Å². The lowest BCUT2D eigenvalue weighted by Crippen LogP contribution is -2.36. The van der Waals surface area contributed by atoms with Crippen molar-refractivity contribution in [2.45, 2.75) is 66.3 Å². The molecule has 33 heavy (non-hydrogen) atoms. The highest BCUT2D eigenvalue weighted by Crippen LogP contribution is 2.29. The molecule has 4 nitrogen and oxygen atoms in total. The van der Waals surface area contributed by atoms with Crippen LogP contribution in [0.4, 0.5) is 11.4 Å². The van der Waals surface area contributed by atoms with Crippen molar-refractivity contribution in [1.82, 2.24) is 4.90 Å². The Bertz CT molecular complexity index is 894. The molecular formula is C28H41N3OS. The zero-order chi connectivity index (χ0) is 23.6. The molecule has 0 saturated carbocycles. The molecule has 1 aliphatic rings. The van der Waals surface area contributed by atoms with E-state index in [1.165, 1.54) is 60.2 Å². The van der Waals surface area contributed by atoms with Gasteiger partial charge in [0.25, 0.3) is 0 Å². The molecule has 2 aromatic rings. The number of para-hydroxylation sites is 1. The maximum atomic E-state index is 5.91. The molecule has 180 valence electrons. The summed E-state index contributed by atoms with van der Waals surface area (Å²) in [6.45, 7) is 14.1. The van der Waals surface area contributed by atoms with Gasteiger partial charge in [-0.1, -0.05) is 43.7 Å². The highest BCUT2D eigenvalue weighted by Gasteiger charge is 2.18. The molecule has 1 heterocycles. The fourth-order valence-electron chi connectivity index (χ4n) is 4.58. The molecule has 0 fully saturated rings. The van der Waals surface area contributed by atoms with Crippen LogP contribution < -0.4 is 10.2 Å². The zero-order valence-electron chi connectivity index (χ0n) is 21.0. The number of ether oxygens (including phenoxy) is 1. The Morgan fingerprint density at radius 2 is 1.91 bits per heavy atom. The number of hydrogen-bond acceptors (Lipinski definition) is 3. The summed E-state index contributed by atoms with van der Waals surface area (Å²) in [5.41, 5.74) is 7.79. The third-order valence-corrected chi connectivity index (χ3v) is 6.80. The lowest BCUT2D eigenvalue weighted by Gasteiger charge is -2.32. The van der Waals surface area contributed by atoms with Crippen LogP contribution in [0.1, 0.15) is 61.8 Å². The average molecular weight is 468 g/mol. The predicted molar refractivity (Wildman–Crippen MR) is 146 cm³/mol. The second-order valence-corrected chi connectivity index (χ2v) is 9.46. The van der Waals surface area contributed by atoms with E-state index in [4.69, 9.17) is 17.0 Å². The molecule has 0 saturated heterocycles. The van der Waals surface area contributed by atoms with Crippen LogP contribution in [0.15, 0.2) is 36.4 Å². The number of hydrogen-bond donors (Lipinski definition) is 1. The lowest BCUT2D eigenvalue weighted by molar-refractivity contribution is 0.139. The van der Waals surface area contributed by atoms with Gasteiger partial charge in [-0.05, 0) is 87.0 Å². The summed E-state index contributed by atoms with van der Waals surface area (Å²) in [6.07, 6.45) is 5.86. The third kappa shape index (κ3) is 7.18. The van der Waals surface area contributed by atoms with Gasteiger partial charge >= 0.3 is 0 Å². The van der Waals surface area contributed by atoms with Crippen LogP contribution in [0.5, 0.6) is 0 Å². The SMILES string of the molecule is CCCCN1CCCc2cc(CN(CCCOCC)C(=S)Nc3c(C)cccc3C)ccc21. The second kappa shape index (κ2) is 13.0. The minimum atomic E-state index is 0.754. The fraction of sp³-hybridized carbons (Fsp3) is 0.536. The molecule has 2 aromatic carbocycles. The molecule has 0 aromatic heterocycles. The second-order valence-electron chi connectivity index (χ2n) is 9.08. The summed E-state index contributed by atoms with van der Waals surface area (Å²) in [5, 5.41) is 4.32. The molecule has 5 heteroatoms. The molecule has 0 radical (unpaired) electrons. The molecular weight excluding hydrogens is 426 g/mol. The van der Waals surface area contributed by atoms with Gasteiger partial charge in [-0.3, -0.25) is 0 Å². The number of nitrogens with one attached hydrogen (secondary N) is 1. The Kier molecular flexibility index (Phi) is 10.0. The van der Waals surface area contributed by atoms with E-state index in [-0.39, 0.29) is 0 Å². The highest BCUT2D eigenvalue weighted by molar-refractivity contribution is 7.80. The minimum Gasteiger partial charge on any atom is -0.382 e. The van der Waals surface area contributed by atoms with Crippen molar-refractivity contribution in [3.63, 3.8) is 0 Å². The number of rotatable bonds is 11. The molecule has 0 aliphatic carbocycles. The van der Waals surface area contributed by atoms with Crippen molar-refractivity contribution < 1.29 is 4.74 Å². The molecule has 0 spiro atoms. The molecule has 0 bridgehead atoms. The van der Waals surface area contributed by atoms with E-state index in [2.05, 4.69) is 72.3 Å². The van der Waals surface area contributed by atoms with Crippen molar-refractivity contribution in [3.8, 4) is 0 Å². The van der Waals surface area contributed by atoms with Crippen LogP contribution >= 0.6 is 12.2 Å². The smallest absolute Gasteiger partial charge is 0.173 e. The first-order valence-electron chi connectivity index (χ1n) is 12.6. The van der Waals surface area contributed by atoms with Gasteiger partial charge in [0.05, 0.1) is 0 Å². The van der Waals surface area contributed by atoms with E-state index in [0.717, 1.165) is 50.1 Å². The molecule has 1 N–H and O–H groups in total. The van der Waals surface area contributed by atoms with Gasteiger partial charge in [0.1, 0.15) is 0 Å². The zero-order valence-corrected chi connectivity index (χ0v) is 21.8. The Balaban J connectivity index is 1.75. The van der Waals surface area contributed by atoms with Crippen molar-refractivity contribution in [3.05, 3.63) is 58.7 Å². The first-order chi connectivity index (χ1) is 16.0. The first kappa shape index (κ1) is 25.5. The number of aryl methyl sites for hydroxylation is 3. The summed E-state index contributed by atoms with van der Waals surface area (Å²) in [7, 11) is 0. The van der Waals surface area contributed by atoms with Crippen LogP contribution in [-0.2, 0) is 17.7 Å². The number of benzene rings is 2. The lowest BCUT2D eigenvalue weighted by atomic mass is 9.98. The molecule has 1 aliphatic heterocycles. The fourth-order valence-corrected chi connectivity index (χ4v) is 4.84. The molecule has 0 unspecified atom stereocenters.